The molecular formula is C16H29N5O7. The summed E-state index contributed by atoms with van der Waals surface area (Å²) >= 11 is 0. The third kappa shape index (κ3) is 9.83. The lowest BCUT2D eigenvalue weighted by atomic mass is 10.0. The molecule has 0 aliphatic rings. The van der Waals surface area contributed by atoms with Gasteiger partial charge >= 0.3 is 5.97 Å². The minimum atomic E-state index is -1.44. The van der Waals surface area contributed by atoms with Crippen LogP contribution in [0.3, 0.4) is 0 Å². The maximum atomic E-state index is 12.2. The molecule has 28 heavy (non-hydrogen) atoms. The second-order valence-corrected chi connectivity index (χ2v) is 6.81. The van der Waals surface area contributed by atoms with Crippen LogP contribution in [-0.2, 0) is 24.0 Å². The highest BCUT2D eigenvalue weighted by molar-refractivity contribution is 5.94. The Bertz CT molecular complexity index is 594. The molecule has 0 fully saturated rings. The van der Waals surface area contributed by atoms with E-state index in [1.54, 1.807) is 13.8 Å². The van der Waals surface area contributed by atoms with Gasteiger partial charge in [0.25, 0.3) is 0 Å². The lowest BCUT2D eigenvalue weighted by molar-refractivity contribution is -0.142. The third-order valence-corrected chi connectivity index (χ3v) is 3.58. The molecule has 12 nitrogen and oxygen atoms in total. The molecule has 160 valence electrons. The van der Waals surface area contributed by atoms with Crippen LogP contribution in [0.15, 0.2) is 0 Å². The summed E-state index contributed by atoms with van der Waals surface area (Å²) in [5.74, 6) is -4.51. The van der Waals surface area contributed by atoms with Gasteiger partial charge in [-0.2, -0.15) is 0 Å². The molecule has 12 heteroatoms. The van der Waals surface area contributed by atoms with Crippen molar-refractivity contribution in [3.05, 3.63) is 0 Å². The Morgan fingerprint density at radius 2 is 1.57 bits per heavy atom. The van der Waals surface area contributed by atoms with Crippen LogP contribution in [-0.4, -0.2) is 70.6 Å². The molecule has 0 spiro atoms. The maximum Gasteiger partial charge on any atom is 0.326 e. The molecule has 0 aromatic rings. The number of nitrogens with one attached hydrogen (secondary N) is 3. The summed E-state index contributed by atoms with van der Waals surface area (Å²) in [6.45, 7) is 4.26. The fourth-order valence-corrected chi connectivity index (χ4v) is 2.19. The van der Waals surface area contributed by atoms with Crippen LogP contribution in [0.2, 0.25) is 0 Å². The fraction of sp³-hybridized carbons (Fsp3) is 0.688. The number of primary amides is 1. The van der Waals surface area contributed by atoms with Crippen LogP contribution < -0.4 is 27.4 Å². The van der Waals surface area contributed by atoms with Crippen molar-refractivity contribution in [3.63, 3.8) is 0 Å². The van der Waals surface area contributed by atoms with E-state index in [0.717, 1.165) is 0 Å². The van der Waals surface area contributed by atoms with Gasteiger partial charge in [0.2, 0.25) is 23.6 Å². The molecule has 4 amide bonds. The predicted octanol–water partition coefficient (Wildman–Crippen LogP) is -3.21. The number of nitrogens with two attached hydrogens (primary N) is 2. The molecule has 0 rings (SSSR count). The summed E-state index contributed by atoms with van der Waals surface area (Å²) < 4.78 is 0. The summed E-state index contributed by atoms with van der Waals surface area (Å²) in [6.07, 6.45) is -1.57. The first-order chi connectivity index (χ1) is 12.8. The Hall–Kier alpha value is -2.73. The molecular weight excluding hydrogens is 374 g/mol. The van der Waals surface area contributed by atoms with Crippen molar-refractivity contribution in [1.29, 1.82) is 0 Å². The number of carbonyl (C=O) groups is 5. The molecule has 0 aliphatic carbocycles. The van der Waals surface area contributed by atoms with Gasteiger partial charge in [-0.15, -0.1) is 0 Å². The van der Waals surface area contributed by atoms with Gasteiger partial charge in [-0.3, -0.25) is 19.2 Å². The number of aliphatic hydroxyl groups is 1. The number of carbonyl (C=O) groups excluding carboxylic acids is 4. The number of aliphatic hydroxyl groups excluding tert-OH is 1. The zero-order chi connectivity index (χ0) is 22.0. The number of hydrogen-bond acceptors (Lipinski definition) is 7. The molecule has 0 aliphatic heterocycles. The normalized spacial score (nSPS) is 15.1. The topological polar surface area (TPSA) is 214 Å². The highest BCUT2D eigenvalue weighted by Gasteiger charge is 2.29. The average molecular weight is 403 g/mol. The number of hydrogen-bond donors (Lipinski definition) is 7. The van der Waals surface area contributed by atoms with Gasteiger partial charge < -0.3 is 37.6 Å². The van der Waals surface area contributed by atoms with Crippen LogP contribution in [0.1, 0.15) is 33.6 Å². The average Bonchev–Trinajstić information content (AvgIpc) is 2.55. The van der Waals surface area contributed by atoms with Gasteiger partial charge in [-0.25, -0.2) is 4.79 Å². The molecule has 0 radical (unpaired) electrons. The van der Waals surface area contributed by atoms with E-state index in [4.69, 9.17) is 16.6 Å². The number of carboxylic acids is 1. The Balaban J connectivity index is 4.76. The van der Waals surface area contributed by atoms with Crippen molar-refractivity contribution < 1.29 is 34.2 Å². The van der Waals surface area contributed by atoms with Crippen molar-refractivity contribution in [3.8, 4) is 0 Å². The fourth-order valence-electron chi connectivity index (χ4n) is 2.19. The van der Waals surface area contributed by atoms with Crippen LogP contribution in [0, 0.1) is 5.92 Å². The van der Waals surface area contributed by atoms with Gasteiger partial charge in [-0.05, 0) is 19.3 Å². The van der Waals surface area contributed by atoms with Gasteiger partial charge in [0.1, 0.15) is 12.1 Å². The van der Waals surface area contributed by atoms with E-state index in [2.05, 4.69) is 16.0 Å². The van der Waals surface area contributed by atoms with Gasteiger partial charge in [0.15, 0.2) is 0 Å². The van der Waals surface area contributed by atoms with Crippen molar-refractivity contribution in [2.75, 3.05) is 6.54 Å². The van der Waals surface area contributed by atoms with Crippen LogP contribution >= 0.6 is 0 Å². The molecule has 0 heterocycles. The Kier molecular flexibility index (Phi) is 10.7. The molecule has 4 atom stereocenters. The summed E-state index contributed by atoms with van der Waals surface area (Å²) in [5, 5.41) is 25.4. The lowest BCUT2D eigenvalue weighted by Gasteiger charge is -2.22. The first-order valence-corrected chi connectivity index (χ1v) is 8.67. The Morgan fingerprint density at radius 3 is 2.00 bits per heavy atom. The molecule has 0 aromatic heterocycles. The van der Waals surface area contributed by atoms with Crippen LogP contribution in [0.4, 0.5) is 0 Å². The quantitative estimate of drug-likeness (QED) is 0.175. The molecule has 4 unspecified atom stereocenters. The standard InChI is InChI=1S/C16H29N5O7/c1-7(2)4-10(16(27)28)20-12(24)6-19-15(26)13(8(3)22)21-14(25)9(17)5-11(18)23/h7-10,13,22H,4-6,17H2,1-3H3,(H2,18,23)(H,19,26)(H,20,24)(H,21,25)(H,27,28). The van der Waals surface area contributed by atoms with E-state index in [1.165, 1.54) is 6.92 Å². The monoisotopic (exact) mass is 403 g/mol. The first-order valence-electron chi connectivity index (χ1n) is 8.67. The SMILES string of the molecule is CC(C)CC(NC(=O)CNC(=O)C(NC(=O)C(N)CC(N)=O)C(C)O)C(=O)O. The molecule has 9 N–H and O–H groups in total. The van der Waals surface area contributed by atoms with Gasteiger partial charge in [-0.1, -0.05) is 13.8 Å². The maximum absolute atomic E-state index is 12.2. The highest BCUT2D eigenvalue weighted by Crippen LogP contribution is 2.04. The lowest BCUT2D eigenvalue weighted by Crippen LogP contribution is -2.57. The minimum absolute atomic E-state index is 0.0235. The first kappa shape index (κ1) is 25.3. The molecule has 0 bridgehead atoms. The zero-order valence-electron chi connectivity index (χ0n) is 16.1. The number of rotatable bonds is 12. The summed E-state index contributed by atoms with van der Waals surface area (Å²) in [4.78, 5) is 57.8. The minimum Gasteiger partial charge on any atom is -0.480 e. The summed E-state index contributed by atoms with van der Waals surface area (Å²) in [6, 6.07) is -3.85. The van der Waals surface area contributed by atoms with Crippen molar-refractivity contribution in [2.45, 2.75) is 57.8 Å². The van der Waals surface area contributed by atoms with Crippen LogP contribution in [0.5, 0.6) is 0 Å². The Morgan fingerprint density at radius 1 is 1.00 bits per heavy atom. The summed E-state index contributed by atoms with van der Waals surface area (Å²) in [7, 11) is 0. The van der Waals surface area contributed by atoms with Gasteiger partial charge in [0, 0.05) is 0 Å². The second kappa shape index (κ2) is 11.9. The highest BCUT2D eigenvalue weighted by atomic mass is 16.4. The third-order valence-electron chi connectivity index (χ3n) is 3.58. The molecule has 0 aromatic carbocycles. The molecule has 0 saturated carbocycles. The van der Waals surface area contributed by atoms with Gasteiger partial charge in [0.05, 0.1) is 25.1 Å². The van der Waals surface area contributed by atoms with E-state index in [0.29, 0.717) is 0 Å². The number of amides is 4. The van der Waals surface area contributed by atoms with Crippen molar-refractivity contribution >= 4 is 29.6 Å². The summed E-state index contributed by atoms with van der Waals surface area (Å²) in [5.41, 5.74) is 10.4. The smallest absolute Gasteiger partial charge is 0.326 e. The number of carboxylic acid groups (broad SMARTS) is 1. The van der Waals surface area contributed by atoms with Crippen LogP contribution in [0.25, 0.3) is 0 Å². The second-order valence-electron chi connectivity index (χ2n) is 6.81. The van der Waals surface area contributed by atoms with E-state index < -0.39 is 66.8 Å². The number of aliphatic carboxylic acids is 1. The van der Waals surface area contributed by atoms with Crippen molar-refractivity contribution in [2.24, 2.45) is 17.4 Å². The van der Waals surface area contributed by atoms with E-state index in [-0.39, 0.29) is 12.3 Å². The Labute approximate surface area is 162 Å². The van der Waals surface area contributed by atoms with E-state index >= 15 is 0 Å². The largest absolute Gasteiger partial charge is 0.480 e. The molecule has 0 saturated heterocycles. The van der Waals surface area contributed by atoms with Crippen molar-refractivity contribution in [1.82, 2.24) is 16.0 Å². The predicted molar refractivity (Wildman–Crippen MR) is 97.4 cm³/mol. The zero-order valence-corrected chi connectivity index (χ0v) is 16.1. The van der Waals surface area contributed by atoms with E-state index in [1.807, 2.05) is 0 Å². The van der Waals surface area contributed by atoms with E-state index in [9.17, 15) is 29.1 Å².